The first-order valence-corrected chi connectivity index (χ1v) is 14.9. The summed E-state index contributed by atoms with van der Waals surface area (Å²) in [4.78, 5) is 10.9. The Balaban J connectivity index is 1.37. The number of para-hydroxylation sites is 2. The predicted molar refractivity (Wildman–Crippen MR) is 185 cm³/mol. The standard InChI is InChI=1S/C40H26BN3O2/c1-3-11-29(12-4-1)44(30-13-5-2-6-14-30)31-25-38-40-39(26-31)46-37-20-18-28(35-16-8-10-22-43-35)24-33(37)41(40)32-23-27(17-19-36(32)45-38)34-15-7-9-21-42-34/h1-26H/i17D,18D,19D,20D,23D,24D. The Labute approximate surface area is 275 Å². The molecular formula is C40H26BN3O2. The zero-order chi connectivity index (χ0) is 35.7. The van der Waals surface area contributed by atoms with Gasteiger partial charge in [-0.15, -0.1) is 0 Å². The molecule has 0 radical (unpaired) electrons. The minimum Gasteiger partial charge on any atom is -0.458 e. The van der Waals surface area contributed by atoms with Crippen molar-refractivity contribution in [2.45, 2.75) is 0 Å². The number of fused-ring (bicyclic) bond motifs is 4. The maximum absolute atomic E-state index is 9.60. The Bertz CT molecular complexity index is 2370. The van der Waals surface area contributed by atoms with Gasteiger partial charge in [0.1, 0.15) is 23.0 Å². The summed E-state index contributed by atoms with van der Waals surface area (Å²) in [6.45, 7) is -0.923. The lowest BCUT2D eigenvalue weighted by Crippen LogP contribution is -2.57. The zero-order valence-corrected chi connectivity index (χ0v) is 24.3. The van der Waals surface area contributed by atoms with Crippen molar-refractivity contribution in [3.05, 3.63) is 158 Å². The van der Waals surface area contributed by atoms with Gasteiger partial charge < -0.3 is 14.4 Å². The Morgan fingerprint density at radius 1 is 0.522 bits per heavy atom. The molecule has 6 heteroatoms. The van der Waals surface area contributed by atoms with E-state index >= 15 is 0 Å². The number of pyridine rings is 2. The fourth-order valence-electron chi connectivity index (χ4n) is 6.09. The van der Waals surface area contributed by atoms with Crippen molar-refractivity contribution in [2.24, 2.45) is 0 Å². The average molecular weight is 598 g/mol. The van der Waals surface area contributed by atoms with Crippen LogP contribution in [0, 0.1) is 0 Å². The third kappa shape index (κ3) is 4.42. The number of hydrogen-bond donors (Lipinski definition) is 0. The number of ether oxygens (including phenoxy) is 2. The molecule has 0 saturated heterocycles. The number of hydrogen-bond acceptors (Lipinski definition) is 5. The molecule has 216 valence electrons. The number of anilines is 3. The van der Waals surface area contributed by atoms with Gasteiger partial charge in [0, 0.05) is 41.4 Å². The van der Waals surface area contributed by atoms with Crippen molar-refractivity contribution in [3.63, 3.8) is 0 Å². The normalized spacial score (nSPS) is 14.0. The summed E-state index contributed by atoms with van der Waals surface area (Å²) in [7, 11) is 0. The molecule has 2 aromatic heterocycles. The van der Waals surface area contributed by atoms with E-state index in [4.69, 9.17) is 12.2 Å². The second-order valence-electron chi connectivity index (χ2n) is 10.9. The highest BCUT2D eigenvalue weighted by molar-refractivity contribution is 6.98. The van der Waals surface area contributed by atoms with Gasteiger partial charge in [0.05, 0.1) is 25.3 Å². The molecule has 0 atom stereocenters. The molecule has 0 amide bonds. The van der Waals surface area contributed by atoms with Gasteiger partial charge in [-0.25, -0.2) is 0 Å². The van der Waals surface area contributed by atoms with Gasteiger partial charge in [0.15, 0.2) is 0 Å². The first-order chi connectivity index (χ1) is 25.3. The zero-order valence-electron chi connectivity index (χ0n) is 30.3. The lowest BCUT2D eigenvalue weighted by molar-refractivity contribution is 0.465. The molecule has 5 aromatic carbocycles. The van der Waals surface area contributed by atoms with E-state index in [0.717, 1.165) is 11.4 Å². The van der Waals surface area contributed by atoms with Crippen LogP contribution in [-0.4, -0.2) is 16.7 Å². The summed E-state index contributed by atoms with van der Waals surface area (Å²) in [6.07, 6.45) is 3.14. The van der Waals surface area contributed by atoms with Crippen LogP contribution in [0.25, 0.3) is 22.5 Å². The topological polar surface area (TPSA) is 47.5 Å². The van der Waals surface area contributed by atoms with Crippen LogP contribution < -0.4 is 30.8 Å². The second-order valence-corrected chi connectivity index (χ2v) is 10.9. The second kappa shape index (κ2) is 10.8. The van der Waals surface area contributed by atoms with Crippen LogP contribution in [0.5, 0.6) is 23.0 Å². The van der Waals surface area contributed by atoms with E-state index in [1.807, 2.05) is 77.7 Å². The highest BCUT2D eigenvalue weighted by Crippen LogP contribution is 2.43. The van der Waals surface area contributed by atoms with Crippen LogP contribution in [0.1, 0.15) is 8.22 Å². The quantitative estimate of drug-likeness (QED) is 0.188. The van der Waals surface area contributed by atoms with Crippen LogP contribution in [0.2, 0.25) is 0 Å². The molecule has 46 heavy (non-hydrogen) atoms. The summed E-state index contributed by atoms with van der Waals surface area (Å²) >= 11 is 0. The number of aromatic nitrogens is 2. The molecule has 2 aliphatic rings. The van der Waals surface area contributed by atoms with E-state index in [2.05, 4.69) is 9.97 Å². The summed E-state index contributed by atoms with van der Waals surface area (Å²) in [5.41, 5.74) is 4.41. The van der Waals surface area contributed by atoms with Crippen molar-refractivity contribution < 1.29 is 17.7 Å². The largest absolute Gasteiger partial charge is 0.458 e. The Morgan fingerprint density at radius 2 is 1.00 bits per heavy atom. The molecular weight excluding hydrogens is 565 g/mol. The highest BCUT2D eigenvalue weighted by atomic mass is 16.5. The lowest BCUT2D eigenvalue weighted by Gasteiger charge is -2.35. The molecule has 0 N–H and O–H groups in total. The fourth-order valence-corrected chi connectivity index (χ4v) is 6.09. The molecule has 4 heterocycles. The monoisotopic (exact) mass is 597 g/mol. The van der Waals surface area contributed by atoms with Crippen molar-refractivity contribution >= 4 is 40.2 Å². The molecule has 0 unspecified atom stereocenters. The van der Waals surface area contributed by atoms with Crippen LogP contribution in [0.4, 0.5) is 17.1 Å². The molecule has 7 aromatic rings. The summed E-state index contributed by atoms with van der Waals surface area (Å²) < 4.78 is 69.0. The fraction of sp³-hybridized carbons (Fsp3) is 0. The molecule has 0 bridgehead atoms. The molecule has 5 nitrogen and oxygen atoms in total. The molecule has 0 aliphatic carbocycles. The molecule has 9 rings (SSSR count). The SMILES string of the molecule is [2H]c1c([2H])c(-c2ccccn2)c([2H])c2c1Oc1cc(N(c3ccccc3)c3ccccc3)cc3c1B2c1c([2H])c(-c2ccccn2)c([2H])c([2H])c1O3. The van der Waals surface area contributed by atoms with Gasteiger partial charge in [-0.3, -0.25) is 9.97 Å². The smallest absolute Gasteiger partial charge is 0.260 e. The molecule has 0 fully saturated rings. The van der Waals surface area contributed by atoms with E-state index in [1.54, 1.807) is 48.8 Å². The van der Waals surface area contributed by atoms with Crippen molar-refractivity contribution in [1.29, 1.82) is 0 Å². The van der Waals surface area contributed by atoms with Gasteiger partial charge >= 0.3 is 0 Å². The Kier molecular flexibility index (Phi) is 4.87. The third-order valence-corrected chi connectivity index (χ3v) is 8.12. The van der Waals surface area contributed by atoms with Gasteiger partial charge in [-0.2, -0.15) is 0 Å². The van der Waals surface area contributed by atoms with Crippen LogP contribution in [-0.2, 0) is 0 Å². The third-order valence-electron chi connectivity index (χ3n) is 8.12. The first-order valence-electron chi connectivity index (χ1n) is 17.9. The number of rotatable bonds is 5. The molecule has 2 aliphatic heterocycles. The van der Waals surface area contributed by atoms with E-state index in [1.165, 1.54) is 0 Å². The lowest BCUT2D eigenvalue weighted by atomic mass is 9.34. The van der Waals surface area contributed by atoms with E-state index in [0.29, 0.717) is 34.0 Å². The maximum atomic E-state index is 9.60. The summed E-state index contributed by atoms with van der Waals surface area (Å²) in [5, 5.41) is 0. The number of benzene rings is 5. The van der Waals surface area contributed by atoms with Crippen LogP contribution in [0.15, 0.2) is 158 Å². The maximum Gasteiger partial charge on any atom is 0.260 e. The van der Waals surface area contributed by atoms with Gasteiger partial charge in [-0.05, 0) is 94.8 Å². The van der Waals surface area contributed by atoms with Crippen LogP contribution in [0.3, 0.4) is 0 Å². The van der Waals surface area contributed by atoms with Gasteiger partial charge in [0.2, 0.25) is 0 Å². The summed E-state index contributed by atoms with van der Waals surface area (Å²) in [5.74, 6) is 0.667. The predicted octanol–water partition coefficient (Wildman–Crippen LogP) is 8.01. The molecule has 0 spiro atoms. The van der Waals surface area contributed by atoms with Gasteiger partial charge in [0.25, 0.3) is 6.71 Å². The average Bonchev–Trinajstić information content (AvgIpc) is 3.17. The van der Waals surface area contributed by atoms with Crippen LogP contribution >= 0.6 is 0 Å². The minimum atomic E-state index is -0.923. The van der Waals surface area contributed by atoms with Crippen molar-refractivity contribution in [3.8, 4) is 45.5 Å². The van der Waals surface area contributed by atoms with E-state index in [9.17, 15) is 5.48 Å². The summed E-state index contributed by atoms with van der Waals surface area (Å²) in [6, 6.07) is 32.5. The van der Waals surface area contributed by atoms with E-state index in [-0.39, 0.29) is 69.8 Å². The van der Waals surface area contributed by atoms with Crippen molar-refractivity contribution in [2.75, 3.05) is 4.90 Å². The molecule has 0 saturated carbocycles. The van der Waals surface area contributed by atoms with Gasteiger partial charge in [-0.1, -0.05) is 60.6 Å². The first kappa shape index (κ1) is 20.8. The van der Waals surface area contributed by atoms with E-state index < -0.39 is 6.71 Å². The Hall–Kier alpha value is -6.14. The number of nitrogens with zero attached hydrogens (tertiary/aromatic N) is 3. The Morgan fingerprint density at radius 3 is 1.46 bits per heavy atom. The van der Waals surface area contributed by atoms with Crippen molar-refractivity contribution in [1.82, 2.24) is 9.97 Å². The highest BCUT2D eigenvalue weighted by Gasteiger charge is 2.41. The minimum absolute atomic E-state index is 0.00868.